The topological polar surface area (TPSA) is 97.4 Å². The molecule has 1 aliphatic rings. The number of carbonyl (C=O) groups is 3. The molecule has 0 saturated carbocycles. The number of ether oxygens (including phenoxy) is 5. The Morgan fingerprint density at radius 1 is 1.00 bits per heavy atom. The summed E-state index contributed by atoms with van der Waals surface area (Å²) in [5, 5.41) is 0. The first-order chi connectivity index (χ1) is 10.3. The van der Waals surface area contributed by atoms with Crippen LogP contribution in [0.5, 0.6) is 0 Å². The Labute approximate surface area is 129 Å². The van der Waals surface area contributed by atoms with E-state index in [0.717, 1.165) is 0 Å². The lowest BCUT2D eigenvalue weighted by Crippen LogP contribution is -2.51. The number of carbonyl (C=O) groups excluding carboxylic acids is 3. The zero-order chi connectivity index (χ0) is 16.7. The SMILES string of the molecule is CO[C@H]1C[C@@H](COC(C)=O)[C@@H](OC(C)=O)[C@@H](COC(C)=O)O1. The Balaban J connectivity index is 2.84. The molecule has 1 fully saturated rings. The zero-order valence-corrected chi connectivity index (χ0v) is 13.2. The van der Waals surface area contributed by atoms with Gasteiger partial charge in [-0.15, -0.1) is 0 Å². The van der Waals surface area contributed by atoms with Gasteiger partial charge in [0, 0.05) is 40.2 Å². The molecule has 0 amide bonds. The fourth-order valence-corrected chi connectivity index (χ4v) is 2.25. The average molecular weight is 318 g/mol. The number of esters is 3. The van der Waals surface area contributed by atoms with E-state index in [2.05, 4.69) is 0 Å². The minimum absolute atomic E-state index is 0.0626. The third-order valence-corrected chi connectivity index (χ3v) is 3.17. The molecule has 0 aromatic carbocycles. The van der Waals surface area contributed by atoms with Crippen molar-refractivity contribution in [2.45, 2.75) is 45.7 Å². The first kappa shape index (κ1) is 18.4. The highest BCUT2D eigenvalue weighted by Gasteiger charge is 2.42. The number of hydrogen-bond donors (Lipinski definition) is 0. The highest BCUT2D eigenvalue weighted by atomic mass is 16.7. The molecule has 1 saturated heterocycles. The largest absolute Gasteiger partial charge is 0.465 e. The van der Waals surface area contributed by atoms with E-state index in [1.807, 2.05) is 0 Å². The average Bonchev–Trinajstić information content (AvgIpc) is 2.43. The minimum atomic E-state index is -0.692. The number of hydrogen-bond acceptors (Lipinski definition) is 8. The fourth-order valence-electron chi connectivity index (χ4n) is 2.25. The summed E-state index contributed by atoms with van der Waals surface area (Å²) >= 11 is 0. The predicted molar refractivity (Wildman–Crippen MR) is 72.6 cm³/mol. The van der Waals surface area contributed by atoms with Gasteiger partial charge in [0.05, 0.1) is 6.61 Å². The van der Waals surface area contributed by atoms with Crippen LogP contribution >= 0.6 is 0 Å². The van der Waals surface area contributed by atoms with E-state index in [4.69, 9.17) is 23.7 Å². The highest BCUT2D eigenvalue weighted by molar-refractivity contribution is 5.67. The molecule has 0 radical (unpaired) electrons. The van der Waals surface area contributed by atoms with Gasteiger partial charge in [-0.1, -0.05) is 0 Å². The van der Waals surface area contributed by atoms with Gasteiger partial charge in [-0.2, -0.15) is 0 Å². The van der Waals surface area contributed by atoms with Gasteiger partial charge in [0.25, 0.3) is 0 Å². The van der Waals surface area contributed by atoms with Gasteiger partial charge in [0.2, 0.25) is 0 Å². The molecule has 0 spiro atoms. The molecule has 8 nitrogen and oxygen atoms in total. The molecule has 126 valence electrons. The van der Waals surface area contributed by atoms with Crippen LogP contribution in [0.3, 0.4) is 0 Å². The van der Waals surface area contributed by atoms with E-state index >= 15 is 0 Å². The molecule has 0 N–H and O–H groups in total. The van der Waals surface area contributed by atoms with Crippen molar-refractivity contribution in [2.24, 2.45) is 5.92 Å². The van der Waals surface area contributed by atoms with E-state index in [9.17, 15) is 14.4 Å². The third-order valence-electron chi connectivity index (χ3n) is 3.17. The lowest BCUT2D eigenvalue weighted by atomic mass is 9.92. The van der Waals surface area contributed by atoms with Crippen LogP contribution in [-0.2, 0) is 38.1 Å². The molecule has 0 aromatic heterocycles. The molecule has 0 unspecified atom stereocenters. The van der Waals surface area contributed by atoms with Crippen LogP contribution in [0.2, 0.25) is 0 Å². The molecule has 4 atom stereocenters. The van der Waals surface area contributed by atoms with Crippen LogP contribution < -0.4 is 0 Å². The second-order valence-corrected chi connectivity index (χ2v) is 5.01. The first-order valence-corrected chi connectivity index (χ1v) is 6.95. The van der Waals surface area contributed by atoms with Crippen molar-refractivity contribution in [2.75, 3.05) is 20.3 Å². The van der Waals surface area contributed by atoms with Crippen LogP contribution in [0.25, 0.3) is 0 Å². The standard InChI is InChI=1S/C14H22O8/c1-8(15)19-6-11-5-13(18-4)22-12(7-20-9(2)16)14(11)21-10(3)17/h11-14H,5-7H2,1-4H3/t11-,12+,13+,14+/m0/s1. The quantitative estimate of drug-likeness (QED) is 0.513. The Kier molecular flexibility index (Phi) is 7.26. The van der Waals surface area contributed by atoms with Crippen LogP contribution in [0.15, 0.2) is 0 Å². The summed E-state index contributed by atoms with van der Waals surface area (Å²) < 4.78 is 26.0. The van der Waals surface area contributed by atoms with Crippen molar-refractivity contribution < 1.29 is 38.1 Å². The minimum Gasteiger partial charge on any atom is -0.465 e. The molecular weight excluding hydrogens is 296 g/mol. The van der Waals surface area contributed by atoms with Gasteiger partial charge in [-0.3, -0.25) is 14.4 Å². The van der Waals surface area contributed by atoms with E-state index in [1.54, 1.807) is 0 Å². The lowest BCUT2D eigenvalue weighted by Gasteiger charge is -2.39. The van der Waals surface area contributed by atoms with Gasteiger partial charge in [0.1, 0.15) is 18.8 Å². The highest BCUT2D eigenvalue weighted by Crippen LogP contribution is 2.29. The summed E-state index contributed by atoms with van der Waals surface area (Å²) in [7, 11) is 1.47. The Morgan fingerprint density at radius 3 is 2.09 bits per heavy atom. The maximum Gasteiger partial charge on any atom is 0.303 e. The van der Waals surface area contributed by atoms with Crippen LogP contribution in [0.4, 0.5) is 0 Å². The first-order valence-electron chi connectivity index (χ1n) is 6.95. The van der Waals surface area contributed by atoms with Gasteiger partial charge in [-0.05, 0) is 0 Å². The van der Waals surface area contributed by atoms with Crippen LogP contribution in [0, 0.1) is 5.92 Å². The second-order valence-electron chi connectivity index (χ2n) is 5.01. The summed E-state index contributed by atoms with van der Waals surface area (Å²) in [6, 6.07) is 0. The summed E-state index contributed by atoms with van der Waals surface area (Å²) in [6.45, 7) is 3.82. The van der Waals surface area contributed by atoms with Crippen LogP contribution in [-0.4, -0.2) is 56.7 Å². The monoisotopic (exact) mass is 318 g/mol. The van der Waals surface area contributed by atoms with Crippen molar-refractivity contribution in [3.05, 3.63) is 0 Å². The summed E-state index contributed by atoms with van der Waals surface area (Å²) in [4.78, 5) is 33.3. The molecule has 0 aromatic rings. The molecular formula is C14H22O8. The van der Waals surface area contributed by atoms with Gasteiger partial charge >= 0.3 is 17.9 Å². The molecule has 1 heterocycles. The lowest BCUT2D eigenvalue weighted by molar-refractivity contribution is -0.249. The van der Waals surface area contributed by atoms with Gasteiger partial charge < -0.3 is 23.7 Å². The van der Waals surface area contributed by atoms with Gasteiger partial charge in [-0.25, -0.2) is 0 Å². The normalized spacial score (nSPS) is 27.8. The van der Waals surface area contributed by atoms with E-state index < -0.39 is 36.4 Å². The Bertz CT molecular complexity index is 380. The smallest absolute Gasteiger partial charge is 0.303 e. The molecule has 22 heavy (non-hydrogen) atoms. The molecule has 1 rings (SSSR count). The second kappa shape index (κ2) is 8.70. The van der Waals surface area contributed by atoms with E-state index in [1.165, 1.54) is 27.9 Å². The van der Waals surface area contributed by atoms with Crippen LogP contribution in [0.1, 0.15) is 27.2 Å². The maximum absolute atomic E-state index is 11.3. The van der Waals surface area contributed by atoms with Crippen molar-refractivity contribution in [3.8, 4) is 0 Å². The van der Waals surface area contributed by atoms with Crippen molar-refractivity contribution in [1.82, 2.24) is 0 Å². The molecule has 1 aliphatic heterocycles. The molecule has 0 aliphatic carbocycles. The summed E-state index contributed by atoms with van der Waals surface area (Å²) in [6.07, 6.45) is -1.55. The number of rotatable bonds is 6. The molecule has 0 bridgehead atoms. The fraction of sp³-hybridized carbons (Fsp3) is 0.786. The maximum atomic E-state index is 11.3. The van der Waals surface area contributed by atoms with Crippen molar-refractivity contribution >= 4 is 17.9 Å². The zero-order valence-electron chi connectivity index (χ0n) is 13.2. The van der Waals surface area contributed by atoms with Crippen molar-refractivity contribution in [3.63, 3.8) is 0 Å². The van der Waals surface area contributed by atoms with Crippen molar-refractivity contribution in [1.29, 1.82) is 0 Å². The Hall–Kier alpha value is -1.67. The van der Waals surface area contributed by atoms with Gasteiger partial charge in [0.15, 0.2) is 6.29 Å². The predicted octanol–water partition coefficient (Wildman–Crippen LogP) is 0.422. The number of methoxy groups -OCH3 is 1. The Morgan fingerprint density at radius 2 is 1.59 bits per heavy atom. The third kappa shape index (κ3) is 5.98. The summed E-state index contributed by atoms with van der Waals surface area (Å²) in [5.41, 5.74) is 0. The van der Waals surface area contributed by atoms with E-state index in [0.29, 0.717) is 6.42 Å². The van der Waals surface area contributed by atoms with E-state index in [-0.39, 0.29) is 19.1 Å². The summed E-state index contributed by atoms with van der Waals surface area (Å²) in [5.74, 6) is -1.71. The molecule has 8 heteroatoms.